The molecule has 0 aromatic heterocycles. The molecule has 1 aliphatic carbocycles. The Balaban J connectivity index is 2.46. The van der Waals surface area contributed by atoms with Crippen LogP contribution in [0.15, 0.2) is 23.8 Å². The lowest BCUT2D eigenvalue weighted by molar-refractivity contribution is 0.575. The molecule has 0 amide bonds. The van der Waals surface area contributed by atoms with E-state index in [1.807, 2.05) is 0 Å². The zero-order chi connectivity index (χ0) is 9.52. The van der Waals surface area contributed by atoms with Crippen LogP contribution in [0.5, 0.6) is 0 Å². The monoisotopic (exact) mass is 178 g/mol. The third kappa shape index (κ3) is 3.80. The molecule has 0 nitrogen and oxygen atoms in total. The van der Waals surface area contributed by atoms with Crippen molar-refractivity contribution in [3.05, 3.63) is 23.8 Å². The Labute approximate surface area is 82.7 Å². The zero-order valence-electron chi connectivity index (χ0n) is 9.05. The van der Waals surface area contributed by atoms with Gasteiger partial charge in [0, 0.05) is 0 Å². The number of hydrogen-bond donors (Lipinski definition) is 0. The van der Waals surface area contributed by atoms with Crippen LogP contribution >= 0.6 is 0 Å². The van der Waals surface area contributed by atoms with Crippen LogP contribution in [0.1, 0.15) is 52.4 Å². The maximum Gasteiger partial charge on any atom is -0.0232 e. The van der Waals surface area contributed by atoms with Gasteiger partial charge in [0.15, 0.2) is 0 Å². The first-order chi connectivity index (χ1) is 6.34. The van der Waals surface area contributed by atoms with Crippen molar-refractivity contribution in [2.45, 2.75) is 52.4 Å². The molecular weight excluding hydrogens is 156 g/mol. The Morgan fingerprint density at radius 2 is 2.00 bits per heavy atom. The summed E-state index contributed by atoms with van der Waals surface area (Å²) < 4.78 is 0. The predicted octanol–water partition coefficient (Wildman–Crippen LogP) is 4.48. The van der Waals surface area contributed by atoms with Crippen molar-refractivity contribution in [1.82, 2.24) is 0 Å². The van der Waals surface area contributed by atoms with Gasteiger partial charge in [0.05, 0.1) is 0 Å². The molecule has 0 aromatic rings. The highest BCUT2D eigenvalue weighted by atomic mass is 14.1. The van der Waals surface area contributed by atoms with Crippen molar-refractivity contribution in [2.24, 2.45) is 5.92 Å². The summed E-state index contributed by atoms with van der Waals surface area (Å²) in [6.07, 6.45) is 14.8. The maximum absolute atomic E-state index is 2.48. The highest BCUT2D eigenvalue weighted by Crippen LogP contribution is 2.23. The van der Waals surface area contributed by atoms with Crippen molar-refractivity contribution in [1.29, 1.82) is 0 Å². The Kier molecular flexibility index (Phi) is 4.88. The van der Waals surface area contributed by atoms with Gasteiger partial charge in [-0.05, 0) is 38.0 Å². The molecule has 1 rings (SSSR count). The minimum atomic E-state index is 0.816. The highest BCUT2D eigenvalue weighted by Gasteiger charge is 2.07. The van der Waals surface area contributed by atoms with Gasteiger partial charge >= 0.3 is 0 Å². The number of rotatable bonds is 3. The van der Waals surface area contributed by atoms with E-state index >= 15 is 0 Å². The second kappa shape index (κ2) is 6.01. The summed E-state index contributed by atoms with van der Waals surface area (Å²) in [5, 5.41) is 0. The molecule has 1 unspecified atom stereocenters. The molecule has 74 valence electrons. The van der Waals surface area contributed by atoms with Crippen LogP contribution in [0.2, 0.25) is 0 Å². The average Bonchev–Trinajstić information content (AvgIpc) is 2.03. The van der Waals surface area contributed by atoms with Crippen molar-refractivity contribution >= 4 is 0 Å². The number of hydrogen-bond acceptors (Lipinski definition) is 0. The van der Waals surface area contributed by atoms with E-state index in [0.717, 1.165) is 5.92 Å². The molecule has 13 heavy (non-hydrogen) atoms. The van der Waals surface area contributed by atoms with Gasteiger partial charge in [0.25, 0.3) is 0 Å². The molecule has 0 fully saturated rings. The van der Waals surface area contributed by atoms with Gasteiger partial charge < -0.3 is 0 Å². The van der Waals surface area contributed by atoms with Gasteiger partial charge in [-0.3, -0.25) is 0 Å². The fourth-order valence-corrected chi connectivity index (χ4v) is 2.02. The summed E-state index contributed by atoms with van der Waals surface area (Å²) in [5.41, 5.74) is 1.70. The highest BCUT2D eigenvalue weighted by molar-refractivity contribution is 5.09. The Hall–Kier alpha value is -0.520. The topological polar surface area (TPSA) is 0 Å². The van der Waals surface area contributed by atoms with E-state index in [9.17, 15) is 0 Å². The van der Waals surface area contributed by atoms with E-state index in [2.05, 4.69) is 32.1 Å². The summed E-state index contributed by atoms with van der Waals surface area (Å²) in [5.74, 6) is 0.816. The molecule has 0 bridgehead atoms. The molecule has 0 aliphatic heterocycles. The molecule has 0 N–H and O–H groups in total. The van der Waals surface area contributed by atoms with Crippen LogP contribution in [0, 0.1) is 5.92 Å². The second-order valence-corrected chi connectivity index (χ2v) is 4.06. The quantitative estimate of drug-likeness (QED) is 0.559. The molecule has 0 spiro atoms. The van der Waals surface area contributed by atoms with Crippen LogP contribution in [-0.4, -0.2) is 0 Å². The Bertz CT molecular complexity index is 186. The Morgan fingerprint density at radius 1 is 1.23 bits per heavy atom. The van der Waals surface area contributed by atoms with E-state index in [1.54, 1.807) is 5.57 Å². The molecular formula is C13H22. The van der Waals surface area contributed by atoms with Crippen LogP contribution < -0.4 is 0 Å². The van der Waals surface area contributed by atoms with E-state index in [1.165, 1.54) is 38.5 Å². The number of allylic oxidation sites excluding steroid dienone is 4. The molecule has 0 aromatic carbocycles. The molecule has 0 heteroatoms. The summed E-state index contributed by atoms with van der Waals surface area (Å²) in [6.45, 7) is 4.65. The fourth-order valence-electron chi connectivity index (χ4n) is 2.02. The summed E-state index contributed by atoms with van der Waals surface area (Å²) in [6, 6.07) is 0. The average molecular weight is 178 g/mol. The fraction of sp³-hybridized carbons (Fsp3) is 0.692. The first kappa shape index (κ1) is 10.6. The normalized spacial score (nSPS) is 20.3. The first-order valence-corrected chi connectivity index (χ1v) is 5.68. The molecule has 1 aliphatic rings. The summed E-state index contributed by atoms with van der Waals surface area (Å²) in [4.78, 5) is 0. The van der Waals surface area contributed by atoms with Crippen molar-refractivity contribution in [2.75, 3.05) is 0 Å². The van der Waals surface area contributed by atoms with Crippen LogP contribution in [-0.2, 0) is 0 Å². The maximum atomic E-state index is 2.48. The molecule has 0 saturated carbocycles. The Morgan fingerprint density at radius 3 is 2.77 bits per heavy atom. The smallest absolute Gasteiger partial charge is 0.0232 e. The predicted molar refractivity (Wildman–Crippen MR) is 59.8 cm³/mol. The summed E-state index contributed by atoms with van der Waals surface area (Å²) >= 11 is 0. The minimum absolute atomic E-state index is 0.816. The third-order valence-electron chi connectivity index (χ3n) is 2.86. The van der Waals surface area contributed by atoms with E-state index < -0.39 is 0 Å². The van der Waals surface area contributed by atoms with Gasteiger partial charge in [0.1, 0.15) is 0 Å². The largest absolute Gasteiger partial charge is 0.0882 e. The van der Waals surface area contributed by atoms with Crippen LogP contribution in [0.25, 0.3) is 0 Å². The summed E-state index contributed by atoms with van der Waals surface area (Å²) in [7, 11) is 0. The lowest BCUT2D eigenvalue weighted by Gasteiger charge is -2.15. The first-order valence-electron chi connectivity index (χ1n) is 5.68. The minimum Gasteiger partial charge on any atom is -0.0882 e. The van der Waals surface area contributed by atoms with Crippen molar-refractivity contribution in [3.8, 4) is 0 Å². The lowest BCUT2D eigenvalue weighted by Crippen LogP contribution is -2.00. The van der Waals surface area contributed by atoms with Gasteiger partial charge in [-0.25, -0.2) is 0 Å². The zero-order valence-corrected chi connectivity index (χ0v) is 9.05. The molecule has 0 radical (unpaired) electrons. The molecule has 0 saturated heterocycles. The van der Waals surface area contributed by atoms with Gasteiger partial charge in [-0.1, -0.05) is 44.1 Å². The van der Waals surface area contributed by atoms with E-state index in [-0.39, 0.29) is 0 Å². The van der Waals surface area contributed by atoms with Gasteiger partial charge in [0.2, 0.25) is 0 Å². The lowest BCUT2D eigenvalue weighted by atomic mass is 9.90. The second-order valence-electron chi connectivity index (χ2n) is 4.06. The van der Waals surface area contributed by atoms with E-state index in [4.69, 9.17) is 0 Å². The van der Waals surface area contributed by atoms with Crippen LogP contribution in [0.4, 0.5) is 0 Å². The van der Waals surface area contributed by atoms with Crippen molar-refractivity contribution < 1.29 is 0 Å². The van der Waals surface area contributed by atoms with Crippen LogP contribution in [0.3, 0.4) is 0 Å². The third-order valence-corrected chi connectivity index (χ3v) is 2.86. The SMILES string of the molecule is CCCC(C)C1=CCCC=CCC1. The standard InChI is InChI=1S/C13H22/c1-3-9-12(2)13-10-7-5-4-6-8-11-13/h4-5,11-12H,3,6-10H2,1-2H3. The van der Waals surface area contributed by atoms with Gasteiger partial charge in [-0.2, -0.15) is 0 Å². The van der Waals surface area contributed by atoms with Gasteiger partial charge in [-0.15, -0.1) is 0 Å². The molecule has 1 atom stereocenters. The van der Waals surface area contributed by atoms with E-state index in [0.29, 0.717) is 0 Å². The molecule has 0 heterocycles. The van der Waals surface area contributed by atoms with Crippen molar-refractivity contribution in [3.63, 3.8) is 0 Å².